The Hall–Kier alpha value is -1.00. The summed E-state index contributed by atoms with van der Waals surface area (Å²) in [5, 5.41) is 3.60. The maximum atomic E-state index is 5.86. The third-order valence-electron chi connectivity index (χ3n) is 4.33. The molecule has 23 heavy (non-hydrogen) atoms. The van der Waals surface area contributed by atoms with E-state index in [1.54, 1.807) is 0 Å². The Morgan fingerprint density at radius 3 is 2.39 bits per heavy atom. The van der Waals surface area contributed by atoms with Gasteiger partial charge < -0.3 is 11.1 Å². The highest BCUT2D eigenvalue weighted by Gasteiger charge is 2.11. The zero-order valence-electron chi connectivity index (χ0n) is 15.5. The van der Waals surface area contributed by atoms with Gasteiger partial charge in [0.15, 0.2) is 0 Å². The molecule has 0 aromatic heterocycles. The van der Waals surface area contributed by atoms with Crippen LogP contribution in [0.3, 0.4) is 0 Å². The maximum absolute atomic E-state index is 5.86. The van der Waals surface area contributed by atoms with Crippen LogP contribution in [0.2, 0.25) is 0 Å². The van der Waals surface area contributed by atoms with Crippen molar-refractivity contribution in [1.82, 2.24) is 5.32 Å². The van der Waals surface area contributed by atoms with Crippen molar-refractivity contribution in [3.8, 4) is 0 Å². The summed E-state index contributed by atoms with van der Waals surface area (Å²) in [4.78, 5) is 8.43. The van der Waals surface area contributed by atoms with Gasteiger partial charge in [-0.3, -0.25) is 9.98 Å². The first-order chi connectivity index (χ1) is 11.1. The Morgan fingerprint density at radius 1 is 1.13 bits per heavy atom. The molecule has 3 N–H and O–H groups in total. The molecule has 4 nitrogen and oxygen atoms in total. The zero-order valence-corrected chi connectivity index (χ0v) is 15.5. The number of nitrogens with one attached hydrogen (secondary N) is 1. The minimum absolute atomic E-state index is 0.149. The van der Waals surface area contributed by atoms with Crippen LogP contribution in [-0.2, 0) is 0 Å². The first-order valence-corrected chi connectivity index (χ1v) is 9.06. The lowest BCUT2D eigenvalue weighted by molar-refractivity contribution is 0.395. The molecule has 0 aliphatic heterocycles. The predicted octanol–water partition coefficient (Wildman–Crippen LogP) is 3.61. The molecule has 0 heterocycles. The molecule has 0 aliphatic carbocycles. The van der Waals surface area contributed by atoms with Crippen LogP contribution in [0.1, 0.15) is 59.3 Å². The van der Waals surface area contributed by atoms with Crippen LogP contribution < -0.4 is 11.1 Å². The molecule has 0 saturated carbocycles. The van der Waals surface area contributed by atoms with E-state index in [1.165, 1.54) is 25.7 Å². The first kappa shape index (κ1) is 22.0. The van der Waals surface area contributed by atoms with E-state index < -0.39 is 0 Å². The molecule has 0 saturated heterocycles. The summed E-state index contributed by atoms with van der Waals surface area (Å²) in [5.41, 5.74) is 5.86. The third-order valence-corrected chi connectivity index (χ3v) is 4.33. The van der Waals surface area contributed by atoms with Crippen LogP contribution in [0.15, 0.2) is 22.6 Å². The molecule has 4 heteroatoms. The number of nitrogens with zero attached hydrogens (tertiary/aromatic N) is 2. The molecule has 0 aromatic carbocycles. The van der Waals surface area contributed by atoms with Crippen molar-refractivity contribution in [2.45, 2.75) is 77.4 Å². The average molecular weight is 323 g/mol. The van der Waals surface area contributed by atoms with E-state index in [4.69, 9.17) is 5.73 Å². The number of rotatable bonds is 15. The standard InChI is InChI=1S/C19H38N4/c1-6-18(21-5)12-13-19(14-20)23-15-16(3)10-8-9-11-17(4)22-7-2/h6-7,16-19,23H,1,5,8-15,20H2,2-4H3. The van der Waals surface area contributed by atoms with Gasteiger partial charge in [0.25, 0.3) is 0 Å². The molecule has 4 atom stereocenters. The van der Waals surface area contributed by atoms with Crippen molar-refractivity contribution >= 4 is 12.9 Å². The highest BCUT2D eigenvalue weighted by Crippen LogP contribution is 2.12. The Kier molecular flexibility index (Phi) is 13.9. The molecule has 134 valence electrons. The predicted molar refractivity (Wildman–Crippen MR) is 105 cm³/mol. The van der Waals surface area contributed by atoms with Crippen molar-refractivity contribution in [3.05, 3.63) is 12.7 Å². The van der Waals surface area contributed by atoms with Gasteiger partial charge >= 0.3 is 0 Å². The van der Waals surface area contributed by atoms with E-state index in [0.717, 1.165) is 19.4 Å². The molecule has 4 unspecified atom stereocenters. The second-order valence-electron chi connectivity index (χ2n) is 6.55. The van der Waals surface area contributed by atoms with Gasteiger partial charge in [0.2, 0.25) is 0 Å². The number of hydrogen-bond acceptors (Lipinski definition) is 4. The Morgan fingerprint density at radius 2 is 1.83 bits per heavy atom. The average Bonchev–Trinajstić information content (AvgIpc) is 2.55. The molecule has 0 bridgehead atoms. The highest BCUT2D eigenvalue weighted by atomic mass is 14.9. The lowest BCUT2D eigenvalue weighted by atomic mass is 10.0. The minimum atomic E-state index is 0.149. The van der Waals surface area contributed by atoms with Crippen LogP contribution in [0, 0.1) is 5.92 Å². The lowest BCUT2D eigenvalue weighted by Crippen LogP contribution is -2.39. The summed E-state index contributed by atoms with van der Waals surface area (Å²) >= 11 is 0. The summed E-state index contributed by atoms with van der Waals surface area (Å²) in [6.45, 7) is 15.6. The van der Waals surface area contributed by atoms with E-state index in [0.29, 0.717) is 24.5 Å². The summed E-state index contributed by atoms with van der Waals surface area (Å²) in [5.74, 6) is 0.682. The van der Waals surface area contributed by atoms with E-state index in [9.17, 15) is 0 Å². The fraction of sp³-hybridized carbons (Fsp3) is 0.789. The quantitative estimate of drug-likeness (QED) is 0.275. The van der Waals surface area contributed by atoms with E-state index in [-0.39, 0.29) is 6.04 Å². The van der Waals surface area contributed by atoms with Gasteiger partial charge in [-0.25, -0.2) is 0 Å². The molecule has 0 radical (unpaired) electrons. The van der Waals surface area contributed by atoms with Crippen LogP contribution >= 0.6 is 0 Å². The summed E-state index contributed by atoms with van der Waals surface area (Å²) in [6, 6.07) is 0.975. The maximum Gasteiger partial charge on any atom is 0.0670 e. The van der Waals surface area contributed by atoms with Gasteiger partial charge in [-0.2, -0.15) is 0 Å². The van der Waals surface area contributed by atoms with Gasteiger partial charge in [0.1, 0.15) is 0 Å². The molecular weight excluding hydrogens is 284 g/mol. The number of aliphatic imine (C=N–C) groups is 2. The van der Waals surface area contributed by atoms with Gasteiger partial charge in [0, 0.05) is 18.6 Å². The van der Waals surface area contributed by atoms with Crippen molar-refractivity contribution in [3.63, 3.8) is 0 Å². The second-order valence-corrected chi connectivity index (χ2v) is 6.55. The number of hydrogen-bond donors (Lipinski definition) is 2. The first-order valence-electron chi connectivity index (χ1n) is 9.06. The van der Waals surface area contributed by atoms with Crippen LogP contribution in [0.5, 0.6) is 0 Å². The van der Waals surface area contributed by atoms with Gasteiger partial charge in [-0.1, -0.05) is 25.8 Å². The summed E-state index contributed by atoms with van der Waals surface area (Å²) in [7, 11) is 0. The lowest BCUT2D eigenvalue weighted by Gasteiger charge is -2.21. The second kappa shape index (κ2) is 14.6. The van der Waals surface area contributed by atoms with Gasteiger partial charge in [-0.15, -0.1) is 6.58 Å². The molecule has 0 aliphatic rings. The number of nitrogens with two attached hydrogens (primary N) is 1. The summed E-state index contributed by atoms with van der Waals surface area (Å²) < 4.78 is 0. The molecule has 0 spiro atoms. The number of unbranched alkanes of at least 4 members (excludes halogenated alkanes) is 1. The van der Waals surface area contributed by atoms with E-state index in [2.05, 4.69) is 42.4 Å². The van der Waals surface area contributed by atoms with Gasteiger partial charge in [0.05, 0.1) is 6.04 Å². The fourth-order valence-electron chi connectivity index (χ4n) is 2.69. The van der Waals surface area contributed by atoms with Crippen LogP contribution in [-0.4, -0.2) is 44.1 Å². The summed E-state index contributed by atoms with van der Waals surface area (Å²) in [6.07, 6.45) is 10.7. The van der Waals surface area contributed by atoms with Gasteiger partial charge in [-0.05, 0) is 64.9 Å². The third kappa shape index (κ3) is 12.1. The molecular formula is C19H38N4. The molecule has 0 amide bonds. The smallest absolute Gasteiger partial charge is 0.0670 e. The fourth-order valence-corrected chi connectivity index (χ4v) is 2.69. The minimum Gasteiger partial charge on any atom is -0.329 e. The largest absolute Gasteiger partial charge is 0.329 e. The van der Waals surface area contributed by atoms with E-state index >= 15 is 0 Å². The highest BCUT2D eigenvalue weighted by molar-refractivity contribution is 5.53. The van der Waals surface area contributed by atoms with Crippen LogP contribution in [0.25, 0.3) is 0 Å². The Labute approximate surface area is 143 Å². The van der Waals surface area contributed by atoms with E-state index in [1.807, 2.05) is 19.2 Å². The SMILES string of the molecule is C=CC(CCC(CN)NCC(C)CCCCC(C)N=CC)N=C. The zero-order chi connectivity index (χ0) is 17.5. The monoisotopic (exact) mass is 322 g/mol. The normalized spacial score (nSPS) is 16.9. The van der Waals surface area contributed by atoms with Crippen molar-refractivity contribution < 1.29 is 0 Å². The molecule has 0 aromatic rings. The Balaban J connectivity index is 3.81. The van der Waals surface area contributed by atoms with Crippen LogP contribution in [0.4, 0.5) is 0 Å². The van der Waals surface area contributed by atoms with Crippen molar-refractivity contribution in [2.24, 2.45) is 21.6 Å². The Bertz CT molecular complexity index is 319. The molecule has 0 fully saturated rings. The van der Waals surface area contributed by atoms with Crippen molar-refractivity contribution in [2.75, 3.05) is 13.1 Å². The topological polar surface area (TPSA) is 62.8 Å². The van der Waals surface area contributed by atoms with Crippen molar-refractivity contribution in [1.29, 1.82) is 0 Å². The molecule has 0 rings (SSSR count).